The summed E-state index contributed by atoms with van der Waals surface area (Å²) in [7, 11) is 0. The average Bonchev–Trinajstić information content (AvgIpc) is 3.11. The molecule has 0 spiro atoms. The summed E-state index contributed by atoms with van der Waals surface area (Å²) in [4.78, 5) is 13.9. The molecule has 2 aliphatic rings. The van der Waals surface area contributed by atoms with Gasteiger partial charge in [0, 0.05) is 22.2 Å². The fourth-order valence-corrected chi connectivity index (χ4v) is 4.99. The Morgan fingerprint density at radius 3 is 2.95 bits per heavy atom. The third-order valence-electron chi connectivity index (χ3n) is 5.27. The zero-order chi connectivity index (χ0) is 14.9. The highest BCUT2D eigenvalue weighted by molar-refractivity contribution is 7.10. The monoisotopic (exact) mass is 307 g/mol. The molecule has 3 nitrogen and oxygen atoms in total. The van der Waals surface area contributed by atoms with Crippen molar-refractivity contribution in [2.24, 2.45) is 11.3 Å². The Bertz CT molecular complexity index is 517. The molecule has 0 saturated heterocycles. The minimum Gasteiger partial charge on any atom is -0.396 e. The molecule has 1 saturated carbocycles. The van der Waals surface area contributed by atoms with E-state index in [0.29, 0.717) is 6.54 Å². The molecule has 0 radical (unpaired) electrons. The molecule has 0 aliphatic heterocycles. The van der Waals surface area contributed by atoms with Gasteiger partial charge in [0.2, 0.25) is 0 Å². The van der Waals surface area contributed by atoms with Crippen molar-refractivity contribution in [2.45, 2.75) is 51.9 Å². The van der Waals surface area contributed by atoms with Crippen molar-refractivity contribution in [3.8, 4) is 0 Å². The van der Waals surface area contributed by atoms with Crippen LogP contribution < -0.4 is 5.32 Å². The van der Waals surface area contributed by atoms with Crippen LogP contribution in [-0.2, 0) is 12.8 Å². The molecular formula is C17H25NO2S. The van der Waals surface area contributed by atoms with Gasteiger partial charge in [0.15, 0.2) is 0 Å². The molecule has 1 fully saturated rings. The van der Waals surface area contributed by atoms with Crippen LogP contribution in [0, 0.1) is 11.3 Å². The molecule has 1 unspecified atom stereocenters. The first-order valence-corrected chi connectivity index (χ1v) is 9.00. The molecule has 1 aromatic rings. The number of carbonyl (C=O) groups is 1. The van der Waals surface area contributed by atoms with Crippen molar-refractivity contribution < 1.29 is 9.90 Å². The summed E-state index contributed by atoms with van der Waals surface area (Å²) in [6, 6.07) is 0. The van der Waals surface area contributed by atoms with Crippen LogP contribution in [-0.4, -0.2) is 24.2 Å². The lowest BCUT2D eigenvalue weighted by atomic mass is 9.86. The minimum atomic E-state index is -0.0692. The smallest absolute Gasteiger partial charge is 0.252 e. The lowest BCUT2D eigenvalue weighted by molar-refractivity contribution is 0.0880. The third kappa shape index (κ3) is 3.02. The topological polar surface area (TPSA) is 49.3 Å². The first kappa shape index (κ1) is 15.0. The summed E-state index contributed by atoms with van der Waals surface area (Å²) in [5.41, 5.74) is 2.09. The summed E-state index contributed by atoms with van der Waals surface area (Å²) in [5.74, 6) is 0.796. The van der Waals surface area contributed by atoms with E-state index in [0.717, 1.165) is 37.2 Å². The van der Waals surface area contributed by atoms with E-state index in [1.807, 2.05) is 5.38 Å². The number of hydrogen-bond acceptors (Lipinski definition) is 3. The quantitative estimate of drug-likeness (QED) is 0.897. The van der Waals surface area contributed by atoms with Gasteiger partial charge >= 0.3 is 0 Å². The van der Waals surface area contributed by atoms with Crippen molar-refractivity contribution >= 4 is 17.2 Å². The lowest BCUT2D eigenvalue weighted by Gasteiger charge is -2.26. The summed E-state index contributed by atoms with van der Waals surface area (Å²) < 4.78 is 0. The molecule has 1 atom stereocenters. The van der Waals surface area contributed by atoms with Crippen molar-refractivity contribution in [3.63, 3.8) is 0 Å². The van der Waals surface area contributed by atoms with Gasteiger partial charge in [0.25, 0.3) is 5.91 Å². The first-order valence-electron chi connectivity index (χ1n) is 8.12. The molecule has 2 aliphatic carbocycles. The molecule has 1 heterocycles. The van der Waals surface area contributed by atoms with Gasteiger partial charge in [-0.2, -0.15) is 0 Å². The maximum absolute atomic E-state index is 12.5. The fraction of sp³-hybridized carbons (Fsp3) is 0.706. The van der Waals surface area contributed by atoms with E-state index in [9.17, 15) is 9.90 Å². The highest BCUT2D eigenvalue weighted by atomic mass is 32.1. The standard InChI is InChI=1S/C17H25NO2S/c1-12-4-5-13-14(9-21-15(13)8-12)16(20)18-10-17(11-19)6-2-3-7-17/h9,12,19H,2-8,10-11H2,1H3,(H,18,20). The van der Waals surface area contributed by atoms with E-state index in [-0.39, 0.29) is 17.9 Å². The number of hydrogen-bond donors (Lipinski definition) is 2. The van der Waals surface area contributed by atoms with Gasteiger partial charge in [-0.05, 0) is 43.6 Å². The molecule has 21 heavy (non-hydrogen) atoms. The highest BCUT2D eigenvalue weighted by Gasteiger charge is 2.34. The molecule has 1 amide bonds. The predicted molar refractivity (Wildman–Crippen MR) is 85.8 cm³/mol. The third-order valence-corrected chi connectivity index (χ3v) is 6.32. The van der Waals surface area contributed by atoms with Crippen LogP contribution in [0.4, 0.5) is 0 Å². The second-order valence-corrected chi connectivity index (χ2v) is 7.91. The van der Waals surface area contributed by atoms with Crippen molar-refractivity contribution in [1.82, 2.24) is 5.32 Å². The van der Waals surface area contributed by atoms with Crippen LogP contribution in [0.2, 0.25) is 0 Å². The number of nitrogens with one attached hydrogen (secondary N) is 1. The molecule has 2 N–H and O–H groups in total. The Kier molecular flexibility index (Phi) is 4.36. The summed E-state index contributed by atoms with van der Waals surface area (Å²) in [6.45, 7) is 3.09. The second-order valence-electron chi connectivity index (χ2n) is 6.95. The number of aliphatic hydroxyl groups excluding tert-OH is 1. The maximum atomic E-state index is 12.5. The summed E-state index contributed by atoms with van der Waals surface area (Å²) >= 11 is 1.74. The lowest BCUT2D eigenvalue weighted by Crippen LogP contribution is -2.38. The van der Waals surface area contributed by atoms with Crippen LogP contribution in [0.5, 0.6) is 0 Å². The zero-order valence-corrected chi connectivity index (χ0v) is 13.6. The van der Waals surface area contributed by atoms with E-state index in [1.165, 1.54) is 29.7 Å². The fourth-order valence-electron chi connectivity index (χ4n) is 3.75. The Hall–Kier alpha value is -0.870. The Morgan fingerprint density at radius 1 is 1.48 bits per heavy atom. The molecule has 4 heteroatoms. The highest BCUT2D eigenvalue weighted by Crippen LogP contribution is 2.37. The van der Waals surface area contributed by atoms with E-state index < -0.39 is 0 Å². The van der Waals surface area contributed by atoms with E-state index in [1.54, 1.807) is 11.3 Å². The van der Waals surface area contributed by atoms with Crippen LogP contribution >= 0.6 is 11.3 Å². The van der Waals surface area contributed by atoms with Gasteiger partial charge in [-0.15, -0.1) is 11.3 Å². The van der Waals surface area contributed by atoms with Gasteiger partial charge in [-0.3, -0.25) is 4.79 Å². The number of thiophene rings is 1. The van der Waals surface area contributed by atoms with Crippen molar-refractivity contribution in [2.75, 3.05) is 13.2 Å². The van der Waals surface area contributed by atoms with E-state index in [2.05, 4.69) is 12.2 Å². The van der Waals surface area contributed by atoms with Gasteiger partial charge in [-0.1, -0.05) is 19.8 Å². The number of aliphatic hydroxyl groups is 1. The Balaban J connectivity index is 1.66. The zero-order valence-electron chi connectivity index (χ0n) is 12.8. The normalized spacial score (nSPS) is 23.8. The van der Waals surface area contributed by atoms with Gasteiger partial charge in [0.05, 0.1) is 12.2 Å². The average molecular weight is 307 g/mol. The van der Waals surface area contributed by atoms with Crippen molar-refractivity contribution in [3.05, 3.63) is 21.4 Å². The molecular weight excluding hydrogens is 282 g/mol. The maximum Gasteiger partial charge on any atom is 0.252 e. The number of rotatable bonds is 4. The van der Waals surface area contributed by atoms with Crippen LogP contribution in [0.25, 0.3) is 0 Å². The molecule has 3 rings (SSSR count). The second kappa shape index (κ2) is 6.09. The Morgan fingerprint density at radius 2 is 2.24 bits per heavy atom. The molecule has 116 valence electrons. The van der Waals surface area contributed by atoms with Gasteiger partial charge in [-0.25, -0.2) is 0 Å². The molecule has 1 aromatic heterocycles. The minimum absolute atomic E-state index is 0.0572. The number of carbonyl (C=O) groups excluding carboxylic acids is 1. The summed E-state index contributed by atoms with van der Waals surface area (Å²) in [6.07, 6.45) is 7.74. The first-order chi connectivity index (χ1) is 10.1. The largest absolute Gasteiger partial charge is 0.396 e. The van der Waals surface area contributed by atoms with E-state index >= 15 is 0 Å². The van der Waals surface area contributed by atoms with Gasteiger partial charge < -0.3 is 10.4 Å². The Labute approximate surface area is 130 Å². The van der Waals surface area contributed by atoms with Crippen LogP contribution in [0.3, 0.4) is 0 Å². The van der Waals surface area contributed by atoms with E-state index in [4.69, 9.17) is 0 Å². The van der Waals surface area contributed by atoms with Crippen LogP contribution in [0.1, 0.15) is 59.8 Å². The van der Waals surface area contributed by atoms with Gasteiger partial charge in [0.1, 0.15) is 0 Å². The predicted octanol–water partition coefficient (Wildman–Crippen LogP) is 3.16. The van der Waals surface area contributed by atoms with Crippen molar-refractivity contribution in [1.29, 1.82) is 0 Å². The number of fused-ring (bicyclic) bond motifs is 1. The molecule has 0 aromatic carbocycles. The molecule has 0 bridgehead atoms. The number of amides is 1. The van der Waals surface area contributed by atoms with Crippen LogP contribution in [0.15, 0.2) is 5.38 Å². The SMILES string of the molecule is CC1CCc2c(C(=O)NCC3(CO)CCCC3)csc2C1. The summed E-state index contributed by atoms with van der Waals surface area (Å²) in [5, 5.41) is 14.7.